The fourth-order valence-electron chi connectivity index (χ4n) is 4.60. The van der Waals surface area contributed by atoms with Crippen LogP contribution in [0.5, 0.6) is 0 Å². The standard InChI is InChI=1S/C32H62O2/c1-4-6-8-10-12-14-16-18-20-22-24-26-28-30-32(33)34-31(3)29-27-25-23-21-19-17-15-13-11-9-7-5-2/h14,16,31H,4-13,15,17-30H2,1-3H3/b16-14-. The van der Waals surface area contributed by atoms with Crippen LogP contribution in [0, 0.1) is 0 Å². The third kappa shape index (κ3) is 27.5. The van der Waals surface area contributed by atoms with E-state index >= 15 is 0 Å². The van der Waals surface area contributed by atoms with Crippen molar-refractivity contribution in [1.82, 2.24) is 0 Å². The molecular weight excluding hydrogens is 416 g/mol. The Hall–Kier alpha value is -0.790. The first-order chi connectivity index (χ1) is 16.7. The maximum atomic E-state index is 12.0. The van der Waals surface area contributed by atoms with Gasteiger partial charge in [-0.25, -0.2) is 0 Å². The van der Waals surface area contributed by atoms with Crippen molar-refractivity contribution in [1.29, 1.82) is 0 Å². The highest BCUT2D eigenvalue weighted by molar-refractivity contribution is 5.69. The summed E-state index contributed by atoms with van der Waals surface area (Å²) in [6.07, 6.45) is 36.7. The zero-order valence-corrected chi connectivity index (χ0v) is 23.7. The molecule has 0 saturated heterocycles. The molecule has 0 amide bonds. The molecule has 0 aromatic rings. The molecule has 0 heterocycles. The molecule has 0 N–H and O–H groups in total. The van der Waals surface area contributed by atoms with Crippen LogP contribution in [-0.2, 0) is 9.53 Å². The number of hydrogen-bond acceptors (Lipinski definition) is 2. The van der Waals surface area contributed by atoms with E-state index in [0.717, 1.165) is 19.3 Å². The van der Waals surface area contributed by atoms with Gasteiger partial charge in [0, 0.05) is 6.42 Å². The van der Waals surface area contributed by atoms with E-state index in [-0.39, 0.29) is 12.1 Å². The number of rotatable bonds is 27. The van der Waals surface area contributed by atoms with Crippen LogP contribution >= 0.6 is 0 Å². The van der Waals surface area contributed by atoms with Crippen LogP contribution in [0.3, 0.4) is 0 Å². The topological polar surface area (TPSA) is 26.3 Å². The summed E-state index contributed by atoms with van der Waals surface area (Å²) in [6.45, 7) is 6.61. The maximum Gasteiger partial charge on any atom is 0.306 e. The average molecular weight is 479 g/mol. The Morgan fingerprint density at radius 1 is 0.559 bits per heavy atom. The molecule has 1 unspecified atom stereocenters. The van der Waals surface area contributed by atoms with Gasteiger partial charge in [-0.15, -0.1) is 0 Å². The van der Waals surface area contributed by atoms with Crippen molar-refractivity contribution in [3.63, 3.8) is 0 Å². The van der Waals surface area contributed by atoms with Crippen LogP contribution in [0.25, 0.3) is 0 Å². The molecule has 0 aromatic carbocycles. The molecule has 202 valence electrons. The van der Waals surface area contributed by atoms with Gasteiger partial charge in [-0.2, -0.15) is 0 Å². The van der Waals surface area contributed by atoms with Gasteiger partial charge in [0.1, 0.15) is 0 Å². The quantitative estimate of drug-likeness (QED) is 0.0666. The molecule has 0 saturated carbocycles. The third-order valence-corrected chi connectivity index (χ3v) is 6.94. The normalized spacial score (nSPS) is 12.4. The SMILES string of the molecule is CCCCCC/C=C\CCCCCCCC(=O)OC(C)CCCCCCCCCCCCCC. The maximum absolute atomic E-state index is 12.0. The minimum Gasteiger partial charge on any atom is -0.463 e. The molecule has 2 nitrogen and oxygen atoms in total. The van der Waals surface area contributed by atoms with E-state index in [9.17, 15) is 4.79 Å². The third-order valence-electron chi connectivity index (χ3n) is 6.94. The minimum atomic E-state index is 0.0115. The number of allylic oxidation sites excluding steroid dienone is 2. The number of unbranched alkanes of at least 4 members (excludes halogenated alkanes) is 20. The van der Waals surface area contributed by atoms with Gasteiger partial charge >= 0.3 is 5.97 Å². The van der Waals surface area contributed by atoms with Crippen LogP contribution in [0.1, 0.15) is 181 Å². The molecule has 34 heavy (non-hydrogen) atoms. The van der Waals surface area contributed by atoms with Crippen LogP contribution in [-0.4, -0.2) is 12.1 Å². The molecule has 0 aliphatic heterocycles. The zero-order chi connectivity index (χ0) is 25.0. The van der Waals surface area contributed by atoms with Crippen molar-refractivity contribution in [2.45, 2.75) is 187 Å². The Morgan fingerprint density at radius 2 is 0.941 bits per heavy atom. The predicted molar refractivity (Wildman–Crippen MR) is 151 cm³/mol. The lowest BCUT2D eigenvalue weighted by molar-refractivity contribution is -0.148. The van der Waals surface area contributed by atoms with Gasteiger partial charge in [-0.3, -0.25) is 4.79 Å². The van der Waals surface area contributed by atoms with E-state index in [4.69, 9.17) is 4.74 Å². The molecule has 0 rings (SSSR count). The number of hydrogen-bond donors (Lipinski definition) is 0. The van der Waals surface area contributed by atoms with Gasteiger partial charge in [-0.05, 0) is 51.9 Å². The summed E-state index contributed by atoms with van der Waals surface area (Å²) >= 11 is 0. The van der Waals surface area contributed by atoms with Crippen molar-refractivity contribution in [2.24, 2.45) is 0 Å². The van der Waals surface area contributed by atoms with Gasteiger partial charge in [0.15, 0.2) is 0 Å². The van der Waals surface area contributed by atoms with Crippen LogP contribution in [0.15, 0.2) is 12.2 Å². The first-order valence-corrected chi connectivity index (χ1v) is 15.5. The lowest BCUT2D eigenvalue weighted by atomic mass is 10.0. The molecule has 0 radical (unpaired) electrons. The summed E-state index contributed by atoms with van der Waals surface area (Å²) in [6, 6.07) is 0. The van der Waals surface area contributed by atoms with E-state index in [1.807, 2.05) is 0 Å². The molecule has 2 heteroatoms. The molecule has 0 bridgehead atoms. The van der Waals surface area contributed by atoms with Crippen LogP contribution < -0.4 is 0 Å². The Labute approximate surface area is 215 Å². The lowest BCUT2D eigenvalue weighted by Crippen LogP contribution is -2.14. The highest BCUT2D eigenvalue weighted by atomic mass is 16.5. The van der Waals surface area contributed by atoms with Crippen molar-refractivity contribution in [3.05, 3.63) is 12.2 Å². The second-order valence-electron chi connectivity index (χ2n) is 10.6. The average Bonchev–Trinajstić information content (AvgIpc) is 2.82. The van der Waals surface area contributed by atoms with Gasteiger partial charge in [-0.1, -0.05) is 135 Å². The molecule has 0 fully saturated rings. The van der Waals surface area contributed by atoms with E-state index in [2.05, 4.69) is 32.9 Å². The summed E-state index contributed by atoms with van der Waals surface area (Å²) in [4.78, 5) is 12.0. The highest BCUT2D eigenvalue weighted by Gasteiger charge is 2.09. The van der Waals surface area contributed by atoms with Crippen LogP contribution in [0.4, 0.5) is 0 Å². The van der Waals surface area contributed by atoms with E-state index in [1.54, 1.807) is 0 Å². The number of esters is 1. The minimum absolute atomic E-state index is 0.0115. The van der Waals surface area contributed by atoms with Gasteiger partial charge in [0.2, 0.25) is 0 Å². The summed E-state index contributed by atoms with van der Waals surface area (Å²) in [7, 11) is 0. The van der Waals surface area contributed by atoms with Crippen LogP contribution in [0.2, 0.25) is 0 Å². The van der Waals surface area contributed by atoms with Crippen molar-refractivity contribution < 1.29 is 9.53 Å². The zero-order valence-electron chi connectivity index (χ0n) is 23.7. The van der Waals surface area contributed by atoms with Gasteiger partial charge < -0.3 is 4.74 Å². The molecule has 0 aliphatic rings. The smallest absolute Gasteiger partial charge is 0.306 e. The van der Waals surface area contributed by atoms with Crippen molar-refractivity contribution in [3.8, 4) is 0 Å². The molecule has 0 aromatic heterocycles. The molecular formula is C32H62O2. The lowest BCUT2D eigenvalue weighted by Gasteiger charge is -2.13. The number of carbonyl (C=O) groups is 1. The van der Waals surface area contributed by atoms with Gasteiger partial charge in [0.25, 0.3) is 0 Å². The Morgan fingerprint density at radius 3 is 1.44 bits per heavy atom. The number of carbonyl (C=O) groups excluding carboxylic acids is 1. The first kappa shape index (κ1) is 33.2. The van der Waals surface area contributed by atoms with Crippen molar-refractivity contribution in [2.75, 3.05) is 0 Å². The number of ether oxygens (including phenoxy) is 1. The van der Waals surface area contributed by atoms with E-state index in [0.29, 0.717) is 6.42 Å². The monoisotopic (exact) mass is 478 g/mol. The second-order valence-corrected chi connectivity index (χ2v) is 10.6. The van der Waals surface area contributed by atoms with Gasteiger partial charge in [0.05, 0.1) is 6.10 Å². The Kier molecular flexibility index (Phi) is 27.8. The molecule has 0 aliphatic carbocycles. The Balaban J connectivity index is 3.33. The van der Waals surface area contributed by atoms with E-state index < -0.39 is 0 Å². The summed E-state index contributed by atoms with van der Waals surface area (Å²) in [5.41, 5.74) is 0. The first-order valence-electron chi connectivity index (χ1n) is 15.5. The van der Waals surface area contributed by atoms with E-state index in [1.165, 1.54) is 135 Å². The summed E-state index contributed by atoms with van der Waals surface area (Å²) in [5, 5.41) is 0. The summed E-state index contributed by atoms with van der Waals surface area (Å²) in [5.74, 6) is 0.0115. The summed E-state index contributed by atoms with van der Waals surface area (Å²) < 4.78 is 5.61. The molecule has 1 atom stereocenters. The Bertz CT molecular complexity index is 429. The molecule has 0 spiro atoms. The highest BCUT2D eigenvalue weighted by Crippen LogP contribution is 2.15. The fourth-order valence-corrected chi connectivity index (χ4v) is 4.60. The second kappa shape index (κ2) is 28.4. The fraction of sp³-hybridized carbons (Fsp3) is 0.906. The largest absolute Gasteiger partial charge is 0.463 e. The predicted octanol–water partition coefficient (Wildman–Crippen LogP) is 11.3. The van der Waals surface area contributed by atoms with Crippen molar-refractivity contribution >= 4 is 5.97 Å².